The molecule has 0 aliphatic carbocycles. The summed E-state index contributed by atoms with van der Waals surface area (Å²) in [7, 11) is 0. The first kappa shape index (κ1) is 16.5. The second kappa shape index (κ2) is 6.51. The molecular formula is C17H19Cl2NS. The fourth-order valence-corrected chi connectivity index (χ4v) is 3.30. The van der Waals surface area contributed by atoms with Gasteiger partial charge in [-0.2, -0.15) is 0 Å². The predicted molar refractivity (Wildman–Crippen MR) is 96.5 cm³/mol. The van der Waals surface area contributed by atoms with Crippen molar-refractivity contribution in [2.75, 3.05) is 5.32 Å². The van der Waals surface area contributed by atoms with Crippen molar-refractivity contribution in [2.24, 2.45) is 0 Å². The van der Waals surface area contributed by atoms with E-state index in [4.69, 9.17) is 23.2 Å². The van der Waals surface area contributed by atoms with Crippen molar-refractivity contribution in [3.8, 4) is 0 Å². The molecule has 112 valence electrons. The molecule has 0 aliphatic rings. The van der Waals surface area contributed by atoms with E-state index in [1.54, 1.807) is 6.07 Å². The number of anilines is 2. The molecule has 1 nitrogen and oxygen atoms in total. The molecule has 0 aliphatic heterocycles. The van der Waals surface area contributed by atoms with E-state index in [2.05, 4.69) is 51.2 Å². The van der Waals surface area contributed by atoms with Gasteiger partial charge in [0, 0.05) is 21.0 Å². The fourth-order valence-electron chi connectivity index (χ4n) is 1.92. The maximum Gasteiger partial charge on any atom is 0.0612 e. The second-order valence-electron chi connectivity index (χ2n) is 5.95. The van der Waals surface area contributed by atoms with Gasteiger partial charge in [0.2, 0.25) is 0 Å². The highest BCUT2D eigenvalue weighted by Crippen LogP contribution is 2.34. The summed E-state index contributed by atoms with van der Waals surface area (Å²) in [5.74, 6) is 0. The standard InChI is InChI=1S/C17H19Cl2NS/c1-11-9-13(21-17(2,3)4)6-8-16(11)20-12-5-7-14(18)15(19)10-12/h5-10,20H,1-4H3. The summed E-state index contributed by atoms with van der Waals surface area (Å²) in [6.07, 6.45) is 0. The fraction of sp³-hybridized carbons (Fsp3) is 0.294. The van der Waals surface area contributed by atoms with E-state index in [1.165, 1.54) is 10.5 Å². The minimum absolute atomic E-state index is 0.213. The molecule has 0 bridgehead atoms. The third kappa shape index (κ3) is 4.84. The first-order valence-corrected chi connectivity index (χ1v) is 8.33. The van der Waals surface area contributed by atoms with Crippen LogP contribution in [0.15, 0.2) is 41.3 Å². The zero-order chi connectivity index (χ0) is 15.6. The number of hydrogen-bond donors (Lipinski definition) is 1. The lowest BCUT2D eigenvalue weighted by Gasteiger charge is -2.19. The van der Waals surface area contributed by atoms with Gasteiger partial charge in [0.15, 0.2) is 0 Å². The van der Waals surface area contributed by atoms with E-state index in [-0.39, 0.29) is 4.75 Å². The summed E-state index contributed by atoms with van der Waals surface area (Å²) in [5, 5.41) is 4.50. The van der Waals surface area contributed by atoms with Crippen LogP contribution < -0.4 is 5.32 Å². The van der Waals surface area contributed by atoms with Gasteiger partial charge in [0.1, 0.15) is 0 Å². The smallest absolute Gasteiger partial charge is 0.0612 e. The van der Waals surface area contributed by atoms with E-state index in [9.17, 15) is 0 Å². The minimum atomic E-state index is 0.213. The Labute approximate surface area is 141 Å². The summed E-state index contributed by atoms with van der Waals surface area (Å²) in [6.45, 7) is 8.76. The van der Waals surface area contributed by atoms with Crippen molar-refractivity contribution >= 4 is 46.3 Å². The van der Waals surface area contributed by atoms with Crippen LogP contribution in [0.2, 0.25) is 10.0 Å². The normalized spacial score (nSPS) is 11.5. The van der Waals surface area contributed by atoms with Gasteiger partial charge in [-0.1, -0.05) is 44.0 Å². The Hall–Kier alpha value is -0.830. The van der Waals surface area contributed by atoms with Crippen LogP contribution in [0.3, 0.4) is 0 Å². The lowest BCUT2D eigenvalue weighted by molar-refractivity contribution is 0.803. The van der Waals surface area contributed by atoms with Crippen molar-refractivity contribution in [1.82, 2.24) is 0 Å². The topological polar surface area (TPSA) is 12.0 Å². The van der Waals surface area contributed by atoms with Crippen molar-refractivity contribution < 1.29 is 0 Å². The van der Waals surface area contributed by atoms with Crippen LogP contribution in [0.25, 0.3) is 0 Å². The van der Waals surface area contributed by atoms with Gasteiger partial charge in [-0.05, 0) is 48.9 Å². The Kier molecular flexibility index (Phi) is 5.13. The summed E-state index contributed by atoms with van der Waals surface area (Å²) >= 11 is 13.8. The third-order valence-corrected chi connectivity index (χ3v) is 4.66. The number of thioether (sulfide) groups is 1. The molecule has 0 heterocycles. The van der Waals surface area contributed by atoms with E-state index in [1.807, 2.05) is 23.9 Å². The highest BCUT2D eigenvalue weighted by atomic mass is 35.5. The summed E-state index contributed by atoms with van der Waals surface area (Å²) in [6, 6.07) is 12.0. The number of aryl methyl sites for hydroxylation is 1. The number of rotatable bonds is 3. The SMILES string of the molecule is Cc1cc(SC(C)(C)C)ccc1Nc1ccc(Cl)c(Cl)c1. The zero-order valence-corrected chi connectivity index (χ0v) is 15.0. The number of halogens is 2. The molecule has 0 amide bonds. The van der Waals surface area contributed by atoms with Crippen LogP contribution in [0.4, 0.5) is 11.4 Å². The molecule has 1 N–H and O–H groups in total. The lowest BCUT2D eigenvalue weighted by Crippen LogP contribution is -2.06. The van der Waals surface area contributed by atoms with Gasteiger partial charge >= 0.3 is 0 Å². The van der Waals surface area contributed by atoms with Crippen LogP contribution in [0.5, 0.6) is 0 Å². The van der Waals surface area contributed by atoms with Gasteiger partial charge in [0.05, 0.1) is 10.0 Å². The molecule has 0 saturated heterocycles. The van der Waals surface area contributed by atoms with Crippen molar-refractivity contribution in [2.45, 2.75) is 37.3 Å². The molecule has 0 unspecified atom stereocenters. The summed E-state index contributed by atoms with van der Waals surface area (Å²) in [4.78, 5) is 1.28. The summed E-state index contributed by atoms with van der Waals surface area (Å²) < 4.78 is 0.213. The first-order valence-electron chi connectivity index (χ1n) is 6.76. The molecule has 0 spiro atoms. The Morgan fingerprint density at radius 3 is 2.24 bits per heavy atom. The maximum atomic E-state index is 6.04. The molecule has 0 radical (unpaired) electrons. The minimum Gasteiger partial charge on any atom is -0.355 e. The van der Waals surface area contributed by atoms with Crippen molar-refractivity contribution in [1.29, 1.82) is 0 Å². The van der Waals surface area contributed by atoms with Crippen LogP contribution in [0.1, 0.15) is 26.3 Å². The largest absolute Gasteiger partial charge is 0.355 e. The molecule has 2 rings (SSSR count). The molecule has 0 aromatic heterocycles. The van der Waals surface area contributed by atoms with Gasteiger partial charge in [0.25, 0.3) is 0 Å². The van der Waals surface area contributed by atoms with Crippen LogP contribution in [0, 0.1) is 6.92 Å². The van der Waals surface area contributed by atoms with Gasteiger partial charge in [-0.15, -0.1) is 11.8 Å². The highest BCUT2D eigenvalue weighted by molar-refractivity contribution is 8.00. The lowest BCUT2D eigenvalue weighted by atomic mass is 10.2. The first-order chi connectivity index (χ1) is 9.74. The monoisotopic (exact) mass is 339 g/mol. The second-order valence-corrected chi connectivity index (χ2v) is 8.66. The molecule has 2 aromatic rings. The van der Waals surface area contributed by atoms with Crippen LogP contribution in [-0.4, -0.2) is 4.75 Å². The Balaban J connectivity index is 2.19. The van der Waals surface area contributed by atoms with Crippen LogP contribution >= 0.6 is 35.0 Å². The predicted octanol–water partition coefficient (Wildman–Crippen LogP) is 6.94. The Morgan fingerprint density at radius 1 is 0.952 bits per heavy atom. The molecular weight excluding hydrogens is 321 g/mol. The zero-order valence-electron chi connectivity index (χ0n) is 12.6. The van der Waals surface area contributed by atoms with Gasteiger partial charge in [-0.25, -0.2) is 0 Å². The molecule has 0 fully saturated rings. The van der Waals surface area contributed by atoms with E-state index in [0.29, 0.717) is 10.0 Å². The van der Waals surface area contributed by atoms with E-state index in [0.717, 1.165) is 11.4 Å². The van der Waals surface area contributed by atoms with E-state index >= 15 is 0 Å². The van der Waals surface area contributed by atoms with Crippen molar-refractivity contribution in [3.05, 3.63) is 52.0 Å². The molecule has 0 saturated carbocycles. The molecule has 0 atom stereocenters. The van der Waals surface area contributed by atoms with Crippen LogP contribution in [-0.2, 0) is 0 Å². The van der Waals surface area contributed by atoms with E-state index < -0.39 is 0 Å². The third-order valence-electron chi connectivity index (χ3n) is 2.82. The van der Waals surface area contributed by atoms with Crippen molar-refractivity contribution in [3.63, 3.8) is 0 Å². The molecule has 4 heteroatoms. The quantitative estimate of drug-likeness (QED) is 0.608. The molecule has 2 aromatic carbocycles. The Morgan fingerprint density at radius 2 is 1.67 bits per heavy atom. The highest BCUT2D eigenvalue weighted by Gasteiger charge is 2.12. The van der Waals surface area contributed by atoms with Gasteiger partial charge in [-0.3, -0.25) is 0 Å². The average molecular weight is 340 g/mol. The number of nitrogens with one attached hydrogen (secondary N) is 1. The summed E-state index contributed by atoms with van der Waals surface area (Å²) in [5.41, 5.74) is 3.21. The molecule has 21 heavy (non-hydrogen) atoms. The Bertz CT molecular complexity index is 648. The number of hydrogen-bond acceptors (Lipinski definition) is 2. The maximum absolute atomic E-state index is 6.04. The average Bonchev–Trinajstić information content (AvgIpc) is 2.35. The number of benzene rings is 2. The van der Waals surface area contributed by atoms with Gasteiger partial charge < -0.3 is 5.32 Å².